The van der Waals surface area contributed by atoms with Crippen LogP contribution in [0.15, 0.2) is 62.6 Å². The molecule has 1 fully saturated rings. The van der Waals surface area contributed by atoms with E-state index in [0.717, 1.165) is 15.2 Å². The predicted molar refractivity (Wildman–Crippen MR) is 148 cm³/mol. The number of hydrogen-bond donors (Lipinski definition) is 3. The molecule has 1 aliphatic heterocycles. The van der Waals surface area contributed by atoms with Crippen LogP contribution in [0.1, 0.15) is 24.4 Å². The van der Waals surface area contributed by atoms with Crippen molar-refractivity contribution in [1.82, 2.24) is 9.13 Å². The smallest absolute Gasteiger partial charge is 0.370 e. The lowest BCUT2D eigenvalue weighted by Crippen LogP contribution is -2.47. The fraction of sp³-hybridized carbons (Fsp3) is 0.280. The van der Waals surface area contributed by atoms with Crippen molar-refractivity contribution in [2.24, 2.45) is 0 Å². The van der Waals surface area contributed by atoms with Crippen LogP contribution in [0.4, 0.5) is 34.8 Å². The van der Waals surface area contributed by atoms with Crippen LogP contribution in [-0.2, 0) is 10.0 Å². The molecule has 10 nitrogen and oxygen atoms in total. The summed E-state index contributed by atoms with van der Waals surface area (Å²) in [6.07, 6.45) is -4.02. The number of nitrogens with one attached hydrogen (secondary N) is 2. The number of halogens is 5. The van der Waals surface area contributed by atoms with E-state index < -0.39 is 51.3 Å². The van der Waals surface area contributed by atoms with Gasteiger partial charge >= 0.3 is 11.9 Å². The van der Waals surface area contributed by atoms with Crippen LogP contribution in [0.2, 0.25) is 0 Å². The number of aliphatic hydroxyl groups is 1. The van der Waals surface area contributed by atoms with Gasteiger partial charge in [-0.1, -0.05) is 22.0 Å². The number of sulfonamides is 1. The van der Waals surface area contributed by atoms with Crippen molar-refractivity contribution in [2.45, 2.75) is 31.3 Å². The SMILES string of the molecule is CN1c2c(c(=O)n(C3CC3)c(=O)n2-c2cccc(NS(=O)(=O)CC(F)(F)F)c2)C(Nc2ccc(Br)cc2F)=CC1O. The van der Waals surface area contributed by atoms with Gasteiger partial charge in [0.15, 0.2) is 5.75 Å². The lowest BCUT2D eigenvalue weighted by Gasteiger charge is -2.34. The van der Waals surface area contributed by atoms with E-state index in [-0.39, 0.29) is 34.1 Å². The number of rotatable bonds is 7. The van der Waals surface area contributed by atoms with E-state index >= 15 is 0 Å². The summed E-state index contributed by atoms with van der Waals surface area (Å²) in [5, 5.41) is 13.7. The third-order valence-electron chi connectivity index (χ3n) is 6.43. The van der Waals surface area contributed by atoms with Crippen molar-refractivity contribution < 1.29 is 31.1 Å². The molecule has 0 radical (unpaired) electrons. The van der Waals surface area contributed by atoms with Crippen molar-refractivity contribution in [2.75, 3.05) is 27.7 Å². The highest BCUT2D eigenvalue weighted by molar-refractivity contribution is 9.10. The Hall–Kier alpha value is -3.63. The Morgan fingerprint density at radius 1 is 1.12 bits per heavy atom. The van der Waals surface area contributed by atoms with E-state index in [1.54, 1.807) is 6.07 Å². The maximum Gasteiger partial charge on any atom is 0.404 e. The monoisotopic (exact) mass is 659 g/mol. The van der Waals surface area contributed by atoms with Crippen LogP contribution in [0.5, 0.6) is 0 Å². The highest BCUT2D eigenvalue weighted by Gasteiger charge is 2.37. The predicted octanol–water partition coefficient (Wildman–Crippen LogP) is 3.76. The molecule has 1 saturated carbocycles. The number of alkyl halides is 3. The Balaban J connectivity index is 1.69. The largest absolute Gasteiger partial charge is 0.404 e. The molecule has 0 saturated heterocycles. The van der Waals surface area contributed by atoms with Crippen molar-refractivity contribution >= 4 is 48.8 Å². The van der Waals surface area contributed by atoms with Crippen molar-refractivity contribution in [3.8, 4) is 5.69 Å². The molecule has 5 rings (SSSR count). The van der Waals surface area contributed by atoms with Crippen LogP contribution < -0.4 is 26.2 Å². The Morgan fingerprint density at radius 3 is 2.46 bits per heavy atom. The number of aliphatic hydroxyl groups excluding tert-OH is 1. The second-order valence-electron chi connectivity index (χ2n) is 9.60. The number of hydrogen-bond acceptors (Lipinski definition) is 7. The molecule has 2 aromatic carbocycles. The van der Waals surface area contributed by atoms with E-state index in [9.17, 15) is 40.7 Å². The zero-order valence-corrected chi connectivity index (χ0v) is 23.5. The summed E-state index contributed by atoms with van der Waals surface area (Å²) >= 11 is 3.17. The zero-order valence-electron chi connectivity index (χ0n) is 21.1. The minimum absolute atomic E-state index is 0.00276. The summed E-state index contributed by atoms with van der Waals surface area (Å²) in [5.41, 5.74) is -1.83. The van der Waals surface area contributed by atoms with Gasteiger partial charge < -0.3 is 15.3 Å². The number of likely N-dealkylation sites (N-methyl/N-ethyl adjacent to an activating group) is 1. The molecule has 3 N–H and O–H groups in total. The molecule has 1 atom stereocenters. The number of nitrogens with zero attached hydrogens (tertiary/aromatic N) is 3. The van der Waals surface area contributed by atoms with Crippen LogP contribution in [0.3, 0.4) is 0 Å². The molecular formula is C25H22BrF4N5O5S. The molecule has 218 valence electrons. The second kappa shape index (κ2) is 10.3. The molecular weight excluding hydrogens is 638 g/mol. The maximum atomic E-state index is 14.7. The second-order valence-corrected chi connectivity index (χ2v) is 12.2. The van der Waals surface area contributed by atoms with Crippen molar-refractivity contribution in [1.29, 1.82) is 0 Å². The minimum Gasteiger partial charge on any atom is -0.370 e. The standard InChI is InChI=1S/C25H22BrF4N5O5S/c1-33-20(36)11-19(31-18-8-5-13(26)9-17(18)27)21-22(33)34(24(38)35(23(21)37)15-6-7-15)16-4-2-3-14(10-16)32-41(39,40)12-25(28,29)30/h2-5,8-11,15,20,31-32,36H,6-7,12H2,1H3. The third kappa shape index (κ3) is 5.90. The van der Waals surface area contributed by atoms with Gasteiger partial charge in [-0.2, -0.15) is 13.2 Å². The van der Waals surface area contributed by atoms with Crippen LogP contribution in [-0.4, -0.2) is 47.9 Å². The molecule has 1 unspecified atom stereocenters. The average molecular weight is 660 g/mol. The molecule has 0 bridgehead atoms. The highest BCUT2D eigenvalue weighted by Crippen LogP contribution is 2.37. The van der Waals surface area contributed by atoms with Gasteiger partial charge in [-0.05, 0) is 55.3 Å². The van der Waals surface area contributed by atoms with Gasteiger partial charge in [0.25, 0.3) is 5.56 Å². The number of benzene rings is 2. The minimum atomic E-state index is -4.98. The maximum absolute atomic E-state index is 14.7. The Labute approximate surface area is 238 Å². The fourth-order valence-electron chi connectivity index (χ4n) is 4.52. The number of aromatic nitrogens is 2. The van der Waals surface area contributed by atoms with E-state index in [2.05, 4.69) is 21.2 Å². The number of anilines is 3. The summed E-state index contributed by atoms with van der Waals surface area (Å²) in [7, 11) is -3.43. The highest BCUT2D eigenvalue weighted by atomic mass is 79.9. The third-order valence-corrected chi connectivity index (χ3v) is 8.17. The van der Waals surface area contributed by atoms with E-state index in [1.165, 1.54) is 48.4 Å². The zero-order chi connectivity index (χ0) is 29.9. The first-order valence-electron chi connectivity index (χ1n) is 12.1. The van der Waals surface area contributed by atoms with E-state index in [0.29, 0.717) is 17.3 Å². The summed E-state index contributed by atoms with van der Waals surface area (Å²) in [6.45, 7) is 0. The lowest BCUT2D eigenvalue weighted by molar-refractivity contribution is -0.106. The summed E-state index contributed by atoms with van der Waals surface area (Å²) in [4.78, 5) is 28.7. The fourth-order valence-corrected chi connectivity index (χ4v) is 5.84. The Morgan fingerprint density at radius 2 is 1.83 bits per heavy atom. The lowest BCUT2D eigenvalue weighted by atomic mass is 10.1. The van der Waals surface area contributed by atoms with Crippen LogP contribution in [0, 0.1) is 5.82 Å². The average Bonchev–Trinajstić information content (AvgIpc) is 3.67. The Bertz CT molecular complexity index is 1800. The molecule has 16 heteroatoms. The van der Waals surface area contributed by atoms with Gasteiger partial charge in [-0.25, -0.2) is 22.2 Å². The van der Waals surface area contributed by atoms with Gasteiger partial charge in [0.05, 0.1) is 22.8 Å². The molecule has 0 spiro atoms. The van der Waals surface area contributed by atoms with Crippen molar-refractivity contribution in [3.05, 3.63) is 85.2 Å². The summed E-state index contributed by atoms with van der Waals surface area (Å²) in [6, 6.07) is 8.80. The first-order chi connectivity index (χ1) is 19.1. The first-order valence-corrected chi connectivity index (χ1v) is 14.5. The van der Waals surface area contributed by atoms with Gasteiger partial charge in [0.1, 0.15) is 23.4 Å². The molecule has 0 amide bonds. The Kier molecular flexibility index (Phi) is 7.28. The molecule has 2 heterocycles. The number of fused-ring (bicyclic) bond motifs is 1. The normalized spacial score (nSPS) is 17.2. The van der Waals surface area contributed by atoms with E-state index in [4.69, 9.17) is 0 Å². The summed E-state index contributed by atoms with van der Waals surface area (Å²) in [5.74, 6) is -2.87. The molecule has 3 aromatic rings. The van der Waals surface area contributed by atoms with Crippen LogP contribution >= 0.6 is 15.9 Å². The van der Waals surface area contributed by atoms with E-state index in [1.807, 2.05) is 4.72 Å². The van der Waals surface area contributed by atoms with Gasteiger partial charge in [-0.3, -0.25) is 14.1 Å². The van der Waals surface area contributed by atoms with Gasteiger partial charge in [0.2, 0.25) is 10.0 Å². The topological polar surface area (TPSA) is 126 Å². The quantitative estimate of drug-likeness (QED) is 0.330. The van der Waals surface area contributed by atoms with Crippen molar-refractivity contribution in [3.63, 3.8) is 0 Å². The first kappa shape index (κ1) is 28.9. The van der Waals surface area contributed by atoms with Gasteiger partial charge in [-0.15, -0.1) is 0 Å². The molecule has 41 heavy (non-hydrogen) atoms. The van der Waals surface area contributed by atoms with Crippen LogP contribution in [0.25, 0.3) is 11.4 Å². The summed E-state index contributed by atoms with van der Waals surface area (Å²) < 4.78 is 81.6. The molecule has 2 aliphatic rings. The molecule has 1 aromatic heterocycles. The van der Waals surface area contributed by atoms with Gasteiger partial charge in [0, 0.05) is 17.6 Å². The molecule has 1 aliphatic carbocycles.